The lowest BCUT2D eigenvalue weighted by atomic mass is 9.84. The van der Waals surface area contributed by atoms with Gasteiger partial charge in [-0.3, -0.25) is 0 Å². The van der Waals surface area contributed by atoms with Gasteiger partial charge in [-0.1, -0.05) is 52.5 Å². The molecule has 1 rings (SSSR count). The fourth-order valence-corrected chi connectivity index (χ4v) is 4.68. The van der Waals surface area contributed by atoms with Gasteiger partial charge >= 0.3 is 0 Å². The van der Waals surface area contributed by atoms with Gasteiger partial charge in [0.25, 0.3) is 0 Å². The maximum absolute atomic E-state index is 10.8. The quantitative estimate of drug-likeness (QED) is 0.476. The normalized spacial score (nSPS) is 28.3. The molecule has 0 atom stereocenters. The first-order valence-electron chi connectivity index (χ1n) is 9.61. The van der Waals surface area contributed by atoms with Crippen molar-refractivity contribution in [3.05, 3.63) is 12.7 Å². The molecule has 0 unspecified atom stereocenters. The zero-order valence-corrected chi connectivity index (χ0v) is 17.3. The molecule has 0 aliphatic heterocycles. The lowest BCUT2D eigenvalue weighted by molar-refractivity contribution is 0.00640. The van der Waals surface area contributed by atoms with Gasteiger partial charge in [0.15, 0.2) is 8.32 Å². The molecule has 1 fully saturated rings. The van der Waals surface area contributed by atoms with Crippen LogP contribution in [0.1, 0.15) is 85.0 Å². The van der Waals surface area contributed by atoms with Crippen molar-refractivity contribution in [1.82, 2.24) is 0 Å². The minimum absolute atomic E-state index is 0.285. The zero-order valence-electron chi connectivity index (χ0n) is 16.3. The van der Waals surface area contributed by atoms with E-state index in [1.165, 1.54) is 12.8 Å². The van der Waals surface area contributed by atoms with E-state index in [1.54, 1.807) is 0 Å². The predicted molar refractivity (Wildman–Crippen MR) is 103 cm³/mol. The van der Waals surface area contributed by atoms with Crippen molar-refractivity contribution >= 4 is 8.32 Å². The Morgan fingerprint density at radius 2 is 1.65 bits per heavy atom. The average Bonchev–Trinajstić information content (AvgIpc) is 2.44. The second kappa shape index (κ2) is 8.82. The summed E-state index contributed by atoms with van der Waals surface area (Å²) in [5.74, 6) is 0. The van der Waals surface area contributed by atoms with Crippen LogP contribution in [0.4, 0.5) is 0 Å². The van der Waals surface area contributed by atoms with E-state index >= 15 is 0 Å². The van der Waals surface area contributed by atoms with Crippen molar-refractivity contribution in [1.29, 1.82) is 0 Å². The second-order valence-electron chi connectivity index (χ2n) is 9.04. The summed E-state index contributed by atoms with van der Waals surface area (Å²) in [7, 11) is -1.67. The summed E-state index contributed by atoms with van der Waals surface area (Å²) in [5.41, 5.74) is -0.457. The van der Waals surface area contributed by atoms with E-state index in [9.17, 15) is 5.11 Å². The first kappa shape index (κ1) is 20.9. The molecule has 1 N–H and O–H groups in total. The van der Waals surface area contributed by atoms with Gasteiger partial charge in [0.05, 0.1) is 5.60 Å². The molecule has 0 spiro atoms. The van der Waals surface area contributed by atoms with E-state index in [-0.39, 0.29) is 5.04 Å². The highest BCUT2D eigenvalue weighted by molar-refractivity contribution is 6.74. The van der Waals surface area contributed by atoms with Crippen LogP contribution < -0.4 is 0 Å². The van der Waals surface area contributed by atoms with Crippen molar-refractivity contribution in [3.63, 3.8) is 0 Å². The van der Waals surface area contributed by atoms with Crippen LogP contribution >= 0.6 is 0 Å². The number of allylic oxidation sites excluding steroid dienone is 1. The average molecular weight is 341 g/mol. The van der Waals surface area contributed by atoms with Crippen LogP contribution in [0, 0.1) is 0 Å². The van der Waals surface area contributed by atoms with E-state index in [0.717, 1.165) is 51.4 Å². The number of hydrogen-bond donors (Lipinski definition) is 1. The van der Waals surface area contributed by atoms with Gasteiger partial charge in [-0.05, 0) is 56.7 Å². The van der Waals surface area contributed by atoms with Gasteiger partial charge in [-0.25, -0.2) is 0 Å². The smallest absolute Gasteiger partial charge is 0.192 e. The molecule has 0 bridgehead atoms. The Balaban J connectivity index is 2.56. The highest BCUT2D eigenvalue weighted by Crippen LogP contribution is 2.39. The summed E-state index contributed by atoms with van der Waals surface area (Å²) < 4.78 is 6.66. The van der Waals surface area contributed by atoms with Crippen LogP contribution in [0.25, 0.3) is 0 Å². The predicted octanol–water partition coefficient (Wildman–Crippen LogP) is 6.21. The fraction of sp³-hybridized carbons (Fsp3) is 0.900. The fourth-order valence-electron chi connectivity index (χ4n) is 3.25. The summed E-state index contributed by atoms with van der Waals surface area (Å²) >= 11 is 0. The van der Waals surface area contributed by atoms with Crippen molar-refractivity contribution in [2.45, 2.75) is 115 Å². The van der Waals surface area contributed by atoms with Crippen LogP contribution in [-0.4, -0.2) is 25.1 Å². The molecule has 1 saturated carbocycles. The van der Waals surface area contributed by atoms with Gasteiger partial charge in [-0.15, -0.1) is 6.58 Å². The molecule has 1 aliphatic rings. The van der Waals surface area contributed by atoms with Gasteiger partial charge in [0.1, 0.15) is 0 Å². The van der Waals surface area contributed by atoms with Crippen molar-refractivity contribution in [2.24, 2.45) is 0 Å². The number of hydrogen-bond acceptors (Lipinski definition) is 2. The Bertz CT molecular complexity index is 345. The second-order valence-corrected chi connectivity index (χ2v) is 13.8. The Morgan fingerprint density at radius 3 is 2.09 bits per heavy atom. The van der Waals surface area contributed by atoms with E-state index in [2.05, 4.69) is 40.4 Å². The molecule has 0 radical (unpaired) electrons. The summed E-state index contributed by atoms with van der Waals surface area (Å²) in [4.78, 5) is 0. The largest absolute Gasteiger partial charge is 0.414 e. The molecule has 136 valence electrons. The third-order valence-corrected chi connectivity index (χ3v) is 10.5. The molecular formula is C20H40O2Si. The minimum Gasteiger partial charge on any atom is -0.414 e. The van der Waals surface area contributed by atoms with E-state index in [4.69, 9.17) is 4.43 Å². The first-order valence-corrected chi connectivity index (χ1v) is 12.5. The maximum Gasteiger partial charge on any atom is 0.192 e. The van der Waals surface area contributed by atoms with Crippen molar-refractivity contribution in [3.8, 4) is 0 Å². The maximum atomic E-state index is 10.8. The lowest BCUT2D eigenvalue weighted by Crippen LogP contribution is -2.44. The molecule has 0 amide bonds. The van der Waals surface area contributed by atoms with Gasteiger partial charge < -0.3 is 9.53 Å². The topological polar surface area (TPSA) is 29.5 Å². The lowest BCUT2D eigenvalue weighted by Gasteiger charge is -2.40. The Labute approximate surface area is 145 Å². The SMILES string of the molecule is C=CCCC1(O)CCCCC(O[Si](C)(C)C(C)(C)C)CCCC1. The van der Waals surface area contributed by atoms with E-state index < -0.39 is 13.9 Å². The van der Waals surface area contributed by atoms with E-state index in [1.807, 2.05) is 6.08 Å². The van der Waals surface area contributed by atoms with Crippen LogP contribution in [0.2, 0.25) is 18.1 Å². The molecule has 0 aromatic carbocycles. The molecule has 0 aromatic heterocycles. The Morgan fingerprint density at radius 1 is 1.13 bits per heavy atom. The molecule has 2 nitrogen and oxygen atoms in total. The highest BCUT2D eigenvalue weighted by atomic mass is 28.4. The van der Waals surface area contributed by atoms with Crippen LogP contribution in [-0.2, 0) is 4.43 Å². The highest BCUT2D eigenvalue weighted by Gasteiger charge is 2.39. The number of aliphatic hydroxyl groups is 1. The summed E-state index contributed by atoms with van der Waals surface area (Å²) in [6.45, 7) is 15.5. The monoisotopic (exact) mass is 340 g/mol. The molecule has 1 aliphatic carbocycles. The Hall–Kier alpha value is -0.123. The zero-order chi connectivity index (χ0) is 17.6. The van der Waals surface area contributed by atoms with Gasteiger partial charge in [0, 0.05) is 6.10 Å². The molecule has 23 heavy (non-hydrogen) atoms. The Kier molecular flexibility index (Phi) is 8.02. The minimum atomic E-state index is -1.67. The van der Waals surface area contributed by atoms with Gasteiger partial charge in [-0.2, -0.15) is 0 Å². The third-order valence-electron chi connectivity index (χ3n) is 5.92. The molecular weight excluding hydrogens is 300 g/mol. The first-order chi connectivity index (χ1) is 10.6. The van der Waals surface area contributed by atoms with Crippen molar-refractivity contribution in [2.75, 3.05) is 0 Å². The molecule has 0 aromatic rings. The molecule has 3 heteroatoms. The standard InChI is InChI=1S/C20H40O2Si/c1-7-8-15-20(21)16-11-9-13-18(14-10-12-17-20)22-23(5,6)19(2,3)4/h7,18,21H,1,8-17H2,2-6H3. The van der Waals surface area contributed by atoms with Gasteiger partial charge in [0.2, 0.25) is 0 Å². The molecule has 0 saturated heterocycles. The van der Waals surface area contributed by atoms with Crippen LogP contribution in [0.3, 0.4) is 0 Å². The van der Waals surface area contributed by atoms with E-state index in [0.29, 0.717) is 6.10 Å². The van der Waals surface area contributed by atoms with Crippen molar-refractivity contribution < 1.29 is 9.53 Å². The van der Waals surface area contributed by atoms with Crippen LogP contribution in [0.15, 0.2) is 12.7 Å². The third kappa shape index (κ3) is 7.11. The molecule has 0 heterocycles. The summed E-state index contributed by atoms with van der Waals surface area (Å²) in [6, 6.07) is 0. The summed E-state index contributed by atoms with van der Waals surface area (Å²) in [6.07, 6.45) is 12.9. The number of rotatable bonds is 5. The van der Waals surface area contributed by atoms with Crippen LogP contribution in [0.5, 0.6) is 0 Å². The summed E-state index contributed by atoms with van der Waals surface area (Å²) in [5, 5.41) is 11.1.